The number of carbonyl (C=O) groups is 1. The summed E-state index contributed by atoms with van der Waals surface area (Å²) in [4.78, 5) is 46.9. The Morgan fingerprint density at radius 3 is 2.57 bits per heavy atom. The van der Waals surface area contributed by atoms with Crippen LogP contribution in [0.15, 0.2) is 81.6 Å². The van der Waals surface area contributed by atoms with Crippen molar-refractivity contribution in [3.8, 4) is 29.0 Å². The van der Waals surface area contributed by atoms with Crippen LogP contribution in [0.25, 0.3) is 5.69 Å². The normalized spacial score (nSPS) is 16.1. The third-order valence-corrected chi connectivity index (χ3v) is 9.22. The smallest absolute Gasteiger partial charge is 0.336 e. The summed E-state index contributed by atoms with van der Waals surface area (Å²) in [5.74, 6) is 4.14. The highest BCUT2D eigenvalue weighted by molar-refractivity contribution is 8.02. The molecule has 0 radical (unpaired) electrons. The van der Waals surface area contributed by atoms with Crippen LogP contribution in [0.3, 0.4) is 0 Å². The summed E-state index contributed by atoms with van der Waals surface area (Å²) in [6.45, 7) is 8.63. The van der Waals surface area contributed by atoms with Gasteiger partial charge in [0.2, 0.25) is 0 Å². The first-order valence-corrected chi connectivity index (χ1v) is 17.0. The Morgan fingerprint density at radius 2 is 1.88 bits per heavy atom. The van der Waals surface area contributed by atoms with Crippen LogP contribution in [0, 0.1) is 23.5 Å². The van der Waals surface area contributed by atoms with E-state index < -0.39 is 39.9 Å². The molecule has 6 rings (SSSR count). The number of ether oxygens (including phenoxy) is 2. The molecule has 0 aliphatic carbocycles. The summed E-state index contributed by atoms with van der Waals surface area (Å²) >= 11 is 1.52. The number of aromatic nitrogens is 3. The third kappa shape index (κ3) is 7.99. The lowest BCUT2D eigenvalue weighted by atomic mass is 10.0. The van der Waals surface area contributed by atoms with Crippen molar-refractivity contribution >= 4 is 29.2 Å². The van der Waals surface area contributed by atoms with E-state index in [1.807, 2.05) is 26.2 Å². The van der Waals surface area contributed by atoms with Gasteiger partial charge in [-0.25, -0.2) is 23.1 Å². The Morgan fingerprint density at radius 1 is 1.14 bits per heavy atom. The number of nitrogens with two attached hydrogens (primary N) is 1. The highest BCUT2D eigenvalue weighted by Crippen LogP contribution is 2.31. The number of hydrogen-bond donors (Lipinski definition) is 3. The van der Waals surface area contributed by atoms with E-state index in [0.29, 0.717) is 24.5 Å². The molecule has 2 aliphatic heterocycles. The minimum Gasteiger partial charge on any atom is -0.453 e. The van der Waals surface area contributed by atoms with E-state index in [9.17, 15) is 18.8 Å². The van der Waals surface area contributed by atoms with Gasteiger partial charge in [0.05, 0.1) is 36.4 Å². The Labute approximate surface area is 296 Å². The fourth-order valence-electron chi connectivity index (χ4n) is 5.53. The molecule has 15 heteroatoms. The molecule has 1 fully saturated rings. The number of rotatable bonds is 8. The largest absolute Gasteiger partial charge is 0.453 e. The van der Waals surface area contributed by atoms with Crippen molar-refractivity contribution in [2.45, 2.75) is 38.2 Å². The van der Waals surface area contributed by atoms with Gasteiger partial charge in [-0.15, -0.1) is 11.8 Å². The number of thioether (sulfide) groups is 1. The van der Waals surface area contributed by atoms with Gasteiger partial charge in [-0.3, -0.25) is 19.1 Å². The van der Waals surface area contributed by atoms with Crippen LogP contribution in [0.2, 0.25) is 0 Å². The van der Waals surface area contributed by atoms with Gasteiger partial charge >= 0.3 is 5.69 Å². The average molecular weight is 716 g/mol. The molecular formula is C36H35F2N7O5S. The second-order valence-corrected chi connectivity index (χ2v) is 13.5. The van der Waals surface area contributed by atoms with Crippen molar-refractivity contribution in [3.63, 3.8) is 0 Å². The van der Waals surface area contributed by atoms with Crippen LogP contribution in [0.5, 0.6) is 11.5 Å². The molecule has 0 saturated carbocycles. The molecule has 2 aromatic carbocycles. The maximum atomic E-state index is 15.5. The van der Waals surface area contributed by atoms with E-state index in [0.717, 1.165) is 42.1 Å². The second-order valence-electron chi connectivity index (χ2n) is 12.3. The van der Waals surface area contributed by atoms with E-state index in [-0.39, 0.29) is 40.6 Å². The fraction of sp³-hybridized carbons (Fsp3) is 0.278. The number of allylic oxidation sites excluding steroid dienone is 1. The predicted molar refractivity (Wildman–Crippen MR) is 191 cm³/mol. The van der Waals surface area contributed by atoms with Crippen molar-refractivity contribution in [1.29, 1.82) is 0 Å². The lowest BCUT2D eigenvalue weighted by Crippen LogP contribution is -2.49. The molecule has 0 spiro atoms. The van der Waals surface area contributed by atoms with Gasteiger partial charge in [-0.1, -0.05) is 11.8 Å². The molecule has 1 saturated heterocycles. The lowest BCUT2D eigenvalue weighted by Gasteiger charge is -2.37. The Balaban J connectivity index is 1.26. The van der Waals surface area contributed by atoms with Crippen LogP contribution in [-0.4, -0.2) is 62.1 Å². The number of halogens is 2. The van der Waals surface area contributed by atoms with E-state index in [1.54, 1.807) is 0 Å². The molecule has 1 unspecified atom stereocenters. The molecule has 4 N–H and O–H groups in total. The maximum Gasteiger partial charge on any atom is 0.336 e. The molecule has 12 nitrogen and oxygen atoms in total. The zero-order valence-corrected chi connectivity index (χ0v) is 28.9. The molecule has 0 bridgehead atoms. The Hall–Kier alpha value is -5.43. The zero-order chi connectivity index (χ0) is 36.3. The first-order chi connectivity index (χ1) is 24.4. The molecule has 51 heavy (non-hydrogen) atoms. The molecule has 264 valence electrons. The summed E-state index contributed by atoms with van der Waals surface area (Å²) < 4.78 is 42.5. The fourth-order valence-corrected chi connectivity index (χ4v) is 6.26. The van der Waals surface area contributed by atoms with Crippen molar-refractivity contribution in [3.05, 3.63) is 116 Å². The summed E-state index contributed by atoms with van der Waals surface area (Å²) in [6, 6.07) is 10.0. The number of nitrogens with one attached hydrogen (secondary N) is 2. The van der Waals surface area contributed by atoms with Gasteiger partial charge in [0, 0.05) is 49.0 Å². The number of carbonyl (C=O) groups excluding carboxylic acids is 1. The first kappa shape index (κ1) is 35.4. The molecular weight excluding hydrogens is 681 g/mol. The first-order valence-electron chi connectivity index (χ1n) is 16.0. The van der Waals surface area contributed by atoms with Crippen LogP contribution < -0.4 is 32.4 Å². The van der Waals surface area contributed by atoms with Gasteiger partial charge in [0.15, 0.2) is 11.6 Å². The number of morpholine rings is 1. The van der Waals surface area contributed by atoms with Crippen LogP contribution >= 0.6 is 11.8 Å². The topological polar surface area (TPSA) is 146 Å². The number of hydrogen-bond acceptors (Lipinski definition) is 10. The van der Waals surface area contributed by atoms with E-state index in [4.69, 9.17) is 15.2 Å². The highest BCUT2D eigenvalue weighted by Gasteiger charge is 2.27. The van der Waals surface area contributed by atoms with E-state index in [1.165, 1.54) is 52.9 Å². The number of benzene rings is 2. The van der Waals surface area contributed by atoms with Crippen LogP contribution in [0.1, 0.15) is 36.7 Å². The van der Waals surface area contributed by atoms with Gasteiger partial charge in [-0.2, -0.15) is 0 Å². The van der Waals surface area contributed by atoms with Crippen molar-refractivity contribution in [1.82, 2.24) is 24.3 Å². The molecule has 4 heterocycles. The summed E-state index contributed by atoms with van der Waals surface area (Å²) in [7, 11) is 0. The molecule has 1 amide bonds. The van der Waals surface area contributed by atoms with Crippen molar-refractivity contribution in [2.24, 2.45) is 0 Å². The molecule has 2 aromatic heterocycles. The van der Waals surface area contributed by atoms with E-state index >= 15 is 4.39 Å². The van der Waals surface area contributed by atoms with Gasteiger partial charge < -0.3 is 25.8 Å². The lowest BCUT2D eigenvalue weighted by molar-refractivity contribution is 0.00739. The van der Waals surface area contributed by atoms with Gasteiger partial charge in [0.1, 0.15) is 28.5 Å². The zero-order valence-electron chi connectivity index (χ0n) is 28.0. The number of nitrogens with zero attached hydrogens (tertiary/aromatic N) is 4. The number of pyridine rings is 1. The Bertz CT molecular complexity index is 2190. The minimum atomic E-state index is -0.933. The SMILES string of the molecule is CC1NC(Cn2cc(C(=O)Nc3ccc(Oc4ccnc(N)c4C#CC(C)(C)N4CCOCC4)c(F)c3)c(=O)n(-c3ccc(F)cc3)c2=O)=CS1. The predicted octanol–water partition coefficient (Wildman–Crippen LogP) is 4.29. The number of nitrogen functional groups attached to an aromatic ring is 1. The summed E-state index contributed by atoms with van der Waals surface area (Å²) in [5.41, 5.74) is 4.67. The number of amides is 1. The van der Waals surface area contributed by atoms with Crippen LogP contribution in [-0.2, 0) is 11.3 Å². The average Bonchev–Trinajstić information content (AvgIpc) is 3.52. The molecule has 2 aliphatic rings. The molecule has 4 aromatic rings. The summed E-state index contributed by atoms with van der Waals surface area (Å²) in [5, 5.41) is 7.66. The standard InChI is InChI=1S/C36H35F2N7O5S/c1-22-41-25(21-51-22)19-43-20-28(34(47)45(35(43)48)26-7-4-23(37)5-8-26)33(46)42-24-6-9-31(29(38)18-24)50-30-11-13-40-32(39)27(30)10-12-36(2,3)44-14-16-49-17-15-44/h4-9,11,13,18,20-22,41H,14-17,19H2,1-3H3,(H2,39,40)(H,42,46). The van der Waals surface area contributed by atoms with Crippen LogP contribution in [0.4, 0.5) is 20.3 Å². The number of anilines is 2. The van der Waals surface area contributed by atoms with Crippen molar-refractivity contribution < 1.29 is 23.0 Å². The minimum absolute atomic E-state index is 0.0160. The third-order valence-electron chi connectivity index (χ3n) is 8.28. The van der Waals surface area contributed by atoms with Crippen molar-refractivity contribution in [2.75, 3.05) is 37.4 Å². The monoisotopic (exact) mass is 715 g/mol. The maximum absolute atomic E-state index is 15.5. The quantitative estimate of drug-likeness (QED) is 0.226. The second kappa shape index (κ2) is 14.8. The van der Waals surface area contributed by atoms with Gasteiger partial charge in [0.25, 0.3) is 11.5 Å². The Kier molecular flexibility index (Phi) is 10.3. The van der Waals surface area contributed by atoms with Gasteiger partial charge in [-0.05, 0) is 62.6 Å². The van der Waals surface area contributed by atoms with E-state index in [2.05, 4.69) is 32.4 Å². The summed E-state index contributed by atoms with van der Waals surface area (Å²) in [6.07, 6.45) is 2.58. The molecule has 1 atom stereocenters. The highest BCUT2D eigenvalue weighted by atomic mass is 32.2.